The van der Waals surface area contributed by atoms with E-state index in [0.717, 1.165) is 18.7 Å². The summed E-state index contributed by atoms with van der Waals surface area (Å²) in [5.41, 5.74) is 5.01. The highest BCUT2D eigenvalue weighted by molar-refractivity contribution is 7.98. The lowest BCUT2D eigenvalue weighted by molar-refractivity contribution is 0.0996. The molecule has 0 amide bonds. The molecule has 1 saturated carbocycles. The topological polar surface area (TPSA) is 84.1 Å². The first kappa shape index (κ1) is 13.4. The smallest absolute Gasteiger partial charge is 0.136 e. The molecular weight excluding hydrogens is 248 g/mol. The van der Waals surface area contributed by atoms with Crippen molar-refractivity contribution in [3.8, 4) is 0 Å². The number of hydrogen-bond acceptors (Lipinski definition) is 6. The number of nitrogen functional groups attached to an aromatic ring is 1. The van der Waals surface area contributed by atoms with E-state index in [1.165, 1.54) is 0 Å². The van der Waals surface area contributed by atoms with Crippen molar-refractivity contribution >= 4 is 23.4 Å². The molecule has 6 heteroatoms. The maximum absolute atomic E-state index is 10.1. The van der Waals surface area contributed by atoms with Crippen LogP contribution in [0.15, 0.2) is 6.07 Å². The predicted octanol–water partition coefficient (Wildman–Crippen LogP) is 1.46. The van der Waals surface area contributed by atoms with E-state index in [0.29, 0.717) is 29.9 Å². The summed E-state index contributed by atoms with van der Waals surface area (Å²) in [5, 5.41) is 13.2. The van der Waals surface area contributed by atoms with E-state index in [-0.39, 0.29) is 0 Å². The van der Waals surface area contributed by atoms with Gasteiger partial charge in [-0.25, -0.2) is 9.97 Å². The first-order valence-electron chi connectivity index (χ1n) is 6.10. The molecule has 1 fully saturated rings. The van der Waals surface area contributed by atoms with Crippen molar-refractivity contribution in [3.63, 3.8) is 0 Å². The molecule has 0 spiro atoms. The summed E-state index contributed by atoms with van der Waals surface area (Å²) in [6, 6.07) is 1.71. The van der Waals surface area contributed by atoms with Gasteiger partial charge in [-0.15, -0.1) is 0 Å². The number of thioether (sulfide) groups is 1. The molecule has 0 radical (unpaired) electrons. The fourth-order valence-corrected chi connectivity index (χ4v) is 2.47. The molecule has 1 aromatic heterocycles. The molecule has 1 aromatic rings. The zero-order chi connectivity index (χ0) is 13.2. The predicted molar refractivity (Wildman–Crippen MR) is 75.9 cm³/mol. The maximum atomic E-state index is 10.1. The van der Waals surface area contributed by atoms with Crippen molar-refractivity contribution in [2.75, 3.05) is 29.6 Å². The van der Waals surface area contributed by atoms with Gasteiger partial charge in [-0.1, -0.05) is 0 Å². The Labute approximate surface area is 112 Å². The third kappa shape index (κ3) is 3.74. The Morgan fingerprint density at radius 2 is 2.28 bits per heavy atom. The molecule has 1 unspecified atom stereocenters. The normalized spacial score (nSPS) is 18.4. The molecule has 1 atom stereocenters. The second kappa shape index (κ2) is 5.32. The zero-order valence-electron chi connectivity index (χ0n) is 10.8. The summed E-state index contributed by atoms with van der Waals surface area (Å²) >= 11 is 1.62. The van der Waals surface area contributed by atoms with E-state index in [1.807, 2.05) is 13.2 Å². The Balaban J connectivity index is 2.00. The third-order valence-corrected chi connectivity index (χ3v) is 3.72. The van der Waals surface area contributed by atoms with Crippen LogP contribution < -0.4 is 11.1 Å². The van der Waals surface area contributed by atoms with Crippen LogP contribution >= 0.6 is 11.8 Å². The van der Waals surface area contributed by atoms with E-state index in [2.05, 4.69) is 15.3 Å². The van der Waals surface area contributed by atoms with E-state index in [4.69, 9.17) is 5.73 Å². The second-order valence-electron chi connectivity index (χ2n) is 5.09. The van der Waals surface area contributed by atoms with Crippen LogP contribution in [0.5, 0.6) is 0 Å². The maximum Gasteiger partial charge on any atom is 0.136 e. The van der Waals surface area contributed by atoms with Crippen LogP contribution in [0.3, 0.4) is 0 Å². The Morgan fingerprint density at radius 3 is 2.89 bits per heavy atom. The van der Waals surface area contributed by atoms with E-state index in [9.17, 15) is 5.11 Å². The van der Waals surface area contributed by atoms with Crippen molar-refractivity contribution in [2.45, 2.75) is 31.3 Å². The van der Waals surface area contributed by atoms with Gasteiger partial charge < -0.3 is 16.2 Å². The molecule has 1 aliphatic rings. The second-order valence-corrected chi connectivity index (χ2v) is 5.96. The summed E-state index contributed by atoms with van der Waals surface area (Å²) < 4.78 is 0. The molecule has 0 aliphatic heterocycles. The number of hydrogen-bond donors (Lipinski definition) is 3. The quantitative estimate of drug-likeness (QED) is 0.724. The Morgan fingerprint density at radius 1 is 1.56 bits per heavy atom. The highest BCUT2D eigenvalue weighted by Crippen LogP contribution is 2.38. The van der Waals surface area contributed by atoms with Gasteiger partial charge in [0.25, 0.3) is 0 Å². The van der Waals surface area contributed by atoms with E-state index >= 15 is 0 Å². The van der Waals surface area contributed by atoms with Crippen molar-refractivity contribution < 1.29 is 5.11 Å². The van der Waals surface area contributed by atoms with Crippen molar-refractivity contribution in [1.82, 2.24) is 9.97 Å². The summed E-state index contributed by atoms with van der Waals surface area (Å²) in [6.07, 6.45) is 4.27. The monoisotopic (exact) mass is 268 g/mol. The van der Waals surface area contributed by atoms with Gasteiger partial charge in [0.1, 0.15) is 17.5 Å². The van der Waals surface area contributed by atoms with Crippen LogP contribution in [0.2, 0.25) is 0 Å². The molecule has 0 aromatic carbocycles. The molecule has 5 nitrogen and oxygen atoms in total. The number of rotatable bonds is 6. The van der Waals surface area contributed by atoms with Gasteiger partial charge in [0.15, 0.2) is 0 Å². The van der Waals surface area contributed by atoms with Crippen LogP contribution in [0.4, 0.5) is 11.6 Å². The molecule has 100 valence electrons. The standard InChI is InChI=1S/C12H20N4OS/c1-12(17,7-18-2)6-14-10-5-9(13)15-11(16-10)8-3-4-8/h5,8,17H,3-4,6-7H2,1-2H3,(H3,13,14,15,16). The molecular formula is C12H20N4OS. The Hall–Kier alpha value is -1.01. The van der Waals surface area contributed by atoms with Crippen molar-refractivity contribution in [1.29, 1.82) is 0 Å². The number of aromatic nitrogens is 2. The van der Waals surface area contributed by atoms with Gasteiger partial charge >= 0.3 is 0 Å². The number of nitrogens with two attached hydrogens (primary N) is 1. The minimum Gasteiger partial charge on any atom is -0.387 e. The fraction of sp³-hybridized carbons (Fsp3) is 0.667. The summed E-state index contributed by atoms with van der Waals surface area (Å²) in [4.78, 5) is 8.68. The van der Waals surface area contributed by atoms with Crippen LogP contribution in [-0.4, -0.2) is 39.2 Å². The summed E-state index contributed by atoms with van der Waals surface area (Å²) in [5.74, 6) is 3.16. The van der Waals surface area contributed by atoms with Gasteiger partial charge in [-0.2, -0.15) is 11.8 Å². The van der Waals surface area contributed by atoms with Gasteiger partial charge in [-0.3, -0.25) is 0 Å². The highest BCUT2D eigenvalue weighted by Gasteiger charge is 2.27. The fourth-order valence-electron chi connectivity index (χ4n) is 1.74. The molecule has 0 bridgehead atoms. The van der Waals surface area contributed by atoms with Gasteiger partial charge in [-0.05, 0) is 26.0 Å². The molecule has 4 N–H and O–H groups in total. The lowest BCUT2D eigenvalue weighted by Gasteiger charge is -2.22. The SMILES string of the molecule is CSCC(C)(O)CNc1cc(N)nc(C2CC2)n1. The molecule has 2 rings (SSSR count). The third-order valence-electron chi connectivity index (χ3n) is 2.81. The van der Waals surface area contributed by atoms with Gasteiger partial charge in [0.2, 0.25) is 0 Å². The Bertz CT molecular complexity index is 421. The van der Waals surface area contributed by atoms with Crippen LogP contribution in [-0.2, 0) is 0 Å². The lowest BCUT2D eigenvalue weighted by Crippen LogP contribution is -2.36. The molecule has 1 heterocycles. The zero-order valence-corrected chi connectivity index (χ0v) is 11.6. The number of aliphatic hydroxyl groups is 1. The van der Waals surface area contributed by atoms with Crippen LogP contribution in [0.25, 0.3) is 0 Å². The van der Waals surface area contributed by atoms with E-state index in [1.54, 1.807) is 17.8 Å². The van der Waals surface area contributed by atoms with Gasteiger partial charge in [0, 0.05) is 24.3 Å². The lowest BCUT2D eigenvalue weighted by atomic mass is 10.1. The molecule has 1 aliphatic carbocycles. The van der Waals surface area contributed by atoms with Crippen LogP contribution in [0.1, 0.15) is 31.5 Å². The minimum atomic E-state index is -0.751. The molecule has 0 saturated heterocycles. The number of anilines is 2. The summed E-state index contributed by atoms with van der Waals surface area (Å²) in [6.45, 7) is 2.26. The molecule has 18 heavy (non-hydrogen) atoms. The largest absolute Gasteiger partial charge is 0.387 e. The van der Waals surface area contributed by atoms with E-state index < -0.39 is 5.60 Å². The van der Waals surface area contributed by atoms with Gasteiger partial charge in [0.05, 0.1) is 5.60 Å². The Kier molecular flexibility index (Phi) is 3.97. The average molecular weight is 268 g/mol. The number of nitrogens with zero attached hydrogens (tertiary/aromatic N) is 2. The average Bonchev–Trinajstić information content (AvgIpc) is 3.09. The number of nitrogens with one attached hydrogen (secondary N) is 1. The minimum absolute atomic E-state index is 0.453. The summed E-state index contributed by atoms with van der Waals surface area (Å²) in [7, 11) is 0. The van der Waals surface area contributed by atoms with Crippen molar-refractivity contribution in [3.05, 3.63) is 11.9 Å². The first-order valence-corrected chi connectivity index (χ1v) is 7.49. The van der Waals surface area contributed by atoms with Crippen LogP contribution in [0, 0.1) is 0 Å². The first-order chi connectivity index (χ1) is 8.50. The van der Waals surface area contributed by atoms with Crippen molar-refractivity contribution in [2.24, 2.45) is 0 Å². The highest BCUT2D eigenvalue weighted by atomic mass is 32.2.